The summed E-state index contributed by atoms with van der Waals surface area (Å²) < 4.78 is 6.10. The van der Waals surface area contributed by atoms with Crippen molar-refractivity contribution < 1.29 is 9.53 Å². The molecule has 0 heterocycles. The lowest BCUT2D eigenvalue weighted by atomic mass is 9.47. The Bertz CT molecular complexity index is 845. The van der Waals surface area contributed by atoms with Gasteiger partial charge in [-0.2, -0.15) is 0 Å². The molecule has 248 valence electrons. The number of allylic oxidation sites excluding steroid dienone is 1. The van der Waals surface area contributed by atoms with Crippen LogP contribution in [0.3, 0.4) is 0 Å². The van der Waals surface area contributed by atoms with Crippen LogP contribution >= 0.6 is 0 Å². The number of carbonyl (C=O) groups excluding carboxylic acids is 1. The van der Waals surface area contributed by atoms with Crippen LogP contribution < -0.4 is 0 Å². The van der Waals surface area contributed by atoms with Crippen LogP contribution in [-0.4, -0.2) is 12.1 Å². The third-order valence-electron chi connectivity index (χ3n) is 13.4. The molecule has 0 bridgehead atoms. The van der Waals surface area contributed by atoms with Crippen molar-refractivity contribution in [3.05, 3.63) is 11.6 Å². The van der Waals surface area contributed by atoms with Crippen molar-refractivity contribution in [2.75, 3.05) is 0 Å². The monoisotopic (exact) mass is 597 g/mol. The van der Waals surface area contributed by atoms with E-state index in [1.165, 1.54) is 148 Å². The average molecular weight is 597 g/mol. The molecule has 0 spiro atoms. The summed E-state index contributed by atoms with van der Waals surface area (Å²) in [5, 5.41) is 0. The minimum absolute atomic E-state index is 0.0645. The molecule has 0 aromatic rings. The van der Waals surface area contributed by atoms with Gasteiger partial charge < -0.3 is 4.74 Å². The number of ether oxygens (including phenoxy) is 1. The molecular formula is C41H72O2. The highest BCUT2D eigenvalue weighted by molar-refractivity contribution is 5.69. The van der Waals surface area contributed by atoms with Gasteiger partial charge in [0, 0.05) is 12.8 Å². The second-order valence-electron chi connectivity index (χ2n) is 16.3. The van der Waals surface area contributed by atoms with Crippen molar-refractivity contribution in [2.45, 2.75) is 207 Å². The van der Waals surface area contributed by atoms with E-state index in [0.717, 1.165) is 42.9 Å². The summed E-state index contributed by atoms with van der Waals surface area (Å²) in [6.45, 7) is 9.91. The Labute approximate surface area is 268 Å². The molecule has 4 rings (SSSR count). The first-order valence-electron chi connectivity index (χ1n) is 19.8. The van der Waals surface area contributed by atoms with Crippen LogP contribution in [0.1, 0.15) is 201 Å². The van der Waals surface area contributed by atoms with Crippen LogP contribution in [-0.2, 0) is 9.53 Å². The second-order valence-corrected chi connectivity index (χ2v) is 16.3. The van der Waals surface area contributed by atoms with E-state index >= 15 is 0 Å². The van der Waals surface area contributed by atoms with E-state index in [-0.39, 0.29) is 12.1 Å². The molecule has 0 aromatic carbocycles. The molecule has 0 aromatic heterocycles. The lowest BCUT2D eigenvalue weighted by Crippen LogP contribution is -2.50. The molecule has 2 nitrogen and oxygen atoms in total. The molecule has 43 heavy (non-hydrogen) atoms. The average Bonchev–Trinajstić information content (AvgIpc) is 3.34. The Kier molecular flexibility index (Phi) is 14.5. The van der Waals surface area contributed by atoms with Gasteiger partial charge in [-0.25, -0.2) is 0 Å². The Hall–Kier alpha value is -0.790. The summed E-state index contributed by atoms with van der Waals surface area (Å²) in [7, 11) is 0. The molecule has 0 saturated heterocycles. The third-order valence-corrected chi connectivity index (χ3v) is 13.4. The summed E-state index contributed by atoms with van der Waals surface area (Å²) in [6, 6.07) is 0. The molecule has 2 heteroatoms. The van der Waals surface area contributed by atoms with Gasteiger partial charge in [0.1, 0.15) is 6.10 Å². The first kappa shape index (κ1) is 35.1. The maximum atomic E-state index is 12.7. The van der Waals surface area contributed by atoms with E-state index in [9.17, 15) is 4.79 Å². The minimum atomic E-state index is 0.0645. The number of carbonyl (C=O) groups is 1. The van der Waals surface area contributed by atoms with Crippen molar-refractivity contribution in [2.24, 2.45) is 34.5 Å². The molecule has 0 aliphatic heterocycles. The molecule has 4 aliphatic rings. The van der Waals surface area contributed by atoms with E-state index in [1.54, 1.807) is 5.57 Å². The predicted molar refractivity (Wildman–Crippen MR) is 184 cm³/mol. The van der Waals surface area contributed by atoms with Gasteiger partial charge in [0.25, 0.3) is 0 Å². The van der Waals surface area contributed by atoms with Crippen molar-refractivity contribution in [3.8, 4) is 0 Å². The molecule has 0 radical (unpaired) electrons. The Morgan fingerprint density at radius 1 is 0.721 bits per heavy atom. The number of fused-ring (bicyclic) bond motifs is 5. The van der Waals surface area contributed by atoms with Crippen LogP contribution in [0.15, 0.2) is 11.6 Å². The smallest absolute Gasteiger partial charge is 0.306 e. The van der Waals surface area contributed by atoms with Crippen molar-refractivity contribution in [3.63, 3.8) is 0 Å². The van der Waals surface area contributed by atoms with Gasteiger partial charge in [-0.15, -0.1) is 0 Å². The normalized spacial score (nSPS) is 33.4. The first-order chi connectivity index (χ1) is 20.9. The van der Waals surface area contributed by atoms with Gasteiger partial charge in [0.15, 0.2) is 0 Å². The van der Waals surface area contributed by atoms with Crippen LogP contribution in [0.2, 0.25) is 0 Å². The Morgan fingerprint density at radius 3 is 1.98 bits per heavy atom. The number of hydrogen-bond acceptors (Lipinski definition) is 2. The highest BCUT2D eigenvalue weighted by Gasteiger charge is 2.58. The van der Waals surface area contributed by atoms with Crippen LogP contribution in [0.25, 0.3) is 0 Å². The summed E-state index contributed by atoms with van der Waals surface area (Å²) in [5.41, 5.74) is 2.59. The molecule has 4 unspecified atom stereocenters. The maximum absolute atomic E-state index is 12.7. The molecule has 0 amide bonds. The lowest BCUT2D eigenvalue weighted by Gasteiger charge is -2.58. The summed E-state index contributed by atoms with van der Waals surface area (Å²) in [4.78, 5) is 12.7. The van der Waals surface area contributed by atoms with E-state index in [4.69, 9.17) is 4.74 Å². The van der Waals surface area contributed by atoms with Crippen molar-refractivity contribution in [1.29, 1.82) is 0 Å². The van der Waals surface area contributed by atoms with Crippen molar-refractivity contribution >= 4 is 5.97 Å². The fraction of sp³-hybridized carbons (Fsp3) is 0.927. The van der Waals surface area contributed by atoms with E-state index < -0.39 is 0 Å². The first-order valence-corrected chi connectivity index (χ1v) is 19.8. The van der Waals surface area contributed by atoms with Crippen LogP contribution in [0.5, 0.6) is 0 Å². The fourth-order valence-electron chi connectivity index (χ4n) is 10.7. The number of hydrogen-bond donors (Lipinski definition) is 0. The van der Waals surface area contributed by atoms with Gasteiger partial charge >= 0.3 is 5.97 Å². The summed E-state index contributed by atoms with van der Waals surface area (Å²) in [5.74, 6) is 3.72. The summed E-state index contributed by atoms with van der Waals surface area (Å²) in [6.07, 6.45) is 38.5. The molecule has 0 N–H and O–H groups in total. The van der Waals surface area contributed by atoms with Gasteiger partial charge in [-0.3, -0.25) is 4.79 Å². The number of esters is 1. The minimum Gasteiger partial charge on any atom is -0.462 e. The SMILES string of the molecule is CCCCCCCCCCCCCC(=O)O[C@H]1CC[C@@]2(C)C(=CCC3C4CCC(CCCCCCCC)[C@@]4(C)CCC32)C1. The third kappa shape index (κ3) is 9.37. The second kappa shape index (κ2) is 17.8. The lowest BCUT2D eigenvalue weighted by molar-refractivity contribution is -0.151. The van der Waals surface area contributed by atoms with Gasteiger partial charge in [-0.05, 0) is 92.3 Å². The standard InChI is InChI=1S/C41H72O2/c1-5-7-9-11-13-14-15-16-17-19-21-23-39(42)43-35-28-30-41(4)34(32-35)24-26-36-37-27-25-33(22-20-18-12-10-8-6-2)40(37,3)31-29-38(36)41/h24,33,35-38H,5-23,25-32H2,1-4H3/t33?,35-,36?,37?,38?,40+,41-/m0/s1. The quantitative estimate of drug-likeness (QED) is 0.0793. The van der Waals surface area contributed by atoms with E-state index in [2.05, 4.69) is 33.8 Å². The molecule has 3 saturated carbocycles. The fourth-order valence-corrected chi connectivity index (χ4v) is 10.7. The van der Waals surface area contributed by atoms with E-state index in [0.29, 0.717) is 17.3 Å². The Balaban J connectivity index is 1.16. The largest absolute Gasteiger partial charge is 0.462 e. The predicted octanol–water partition coefficient (Wildman–Crippen LogP) is 12.9. The zero-order valence-electron chi connectivity index (χ0n) is 29.4. The number of rotatable bonds is 20. The highest BCUT2D eigenvalue weighted by atomic mass is 16.5. The van der Waals surface area contributed by atoms with Gasteiger partial charge in [-0.1, -0.05) is 142 Å². The maximum Gasteiger partial charge on any atom is 0.306 e. The molecular weight excluding hydrogens is 524 g/mol. The number of unbranched alkanes of at least 4 members (excludes halogenated alkanes) is 15. The van der Waals surface area contributed by atoms with Crippen LogP contribution in [0, 0.1) is 34.5 Å². The molecule has 3 fully saturated rings. The zero-order chi connectivity index (χ0) is 30.5. The highest BCUT2D eigenvalue weighted by Crippen LogP contribution is 2.66. The topological polar surface area (TPSA) is 26.3 Å². The van der Waals surface area contributed by atoms with Crippen LogP contribution in [0.4, 0.5) is 0 Å². The van der Waals surface area contributed by atoms with Gasteiger partial charge in [0.05, 0.1) is 0 Å². The van der Waals surface area contributed by atoms with E-state index in [1.807, 2.05) is 0 Å². The summed E-state index contributed by atoms with van der Waals surface area (Å²) >= 11 is 0. The zero-order valence-corrected chi connectivity index (χ0v) is 29.4. The Morgan fingerprint density at radius 2 is 1.33 bits per heavy atom. The molecule has 4 aliphatic carbocycles. The molecule has 7 atom stereocenters. The van der Waals surface area contributed by atoms with Gasteiger partial charge in [0.2, 0.25) is 0 Å². The van der Waals surface area contributed by atoms with Crippen molar-refractivity contribution in [1.82, 2.24) is 0 Å².